The third kappa shape index (κ3) is 1.86. The van der Waals surface area contributed by atoms with Crippen molar-refractivity contribution in [3.63, 3.8) is 0 Å². The van der Waals surface area contributed by atoms with E-state index >= 15 is 0 Å². The fraction of sp³-hybridized carbons (Fsp3) is 0.385. The number of rotatable bonds is 3. The molecule has 0 radical (unpaired) electrons. The Balaban J connectivity index is 1.80. The number of benzene rings is 1. The van der Waals surface area contributed by atoms with E-state index < -0.39 is 0 Å². The van der Waals surface area contributed by atoms with Gasteiger partial charge >= 0.3 is 0 Å². The van der Waals surface area contributed by atoms with Gasteiger partial charge in [-0.05, 0) is 18.1 Å². The summed E-state index contributed by atoms with van der Waals surface area (Å²) in [5, 5.41) is 3.96. The van der Waals surface area contributed by atoms with E-state index in [0.717, 1.165) is 18.6 Å². The number of fused-ring (bicyclic) bond motifs is 1. The summed E-state index contributed by atoms with van der Waals surface area (Å²) in [5.41, 5.74) is 7.03. The molecule has 0 fully saturated rings. The summed E-state index contributed by atoms with van der Waals surface area (Å²) in [6.07, 6.45) is 1.38. The summed E-state index contributed by atoms with van der Waals surface area (Å²) in [4.78, 5) is 4.32. The normalized spacial score (nSPS) is 19.3. The summed E-state index contributed by atoms with van der Waals surface area (Å²) in [6, 6.07) is 7.76. The molecule has 1 aromatic carbocycles. The lowest BCUT2D eigenvalue weighted by Crippen LogP contribution is -2.10. The smallest absolute Gasteiger partial charge is 0.243 e. The molecule has 1 unspecified atom stereocenters. The topological polar surface area (TPSA) is 74.2 Å². The standard InChI is InChI=1S/C13H15N3O2/c1-2-9(14)13-15-12(16-18-13)11-7-8-5-3-4-6-10(8)17-11/h3-6,9,11H,2,7,14H2,1H3/t9-,11?/m1/s1. The molecule has 5 heteroatoms. The molecule has 1 aliphatic rings. The Labute approximate surface area is 105 Å². The predicted molar refractivity (Wildman–Crippen MR) is 65.0 cm³/mol. The van der Waals surface area contributed by atoms with Crippen LogP contribution in [0.25, 0.3) is 0 Å². The molecule has 0 bridgehead atoms. The molecule has 18 heavy (non-hydrogen) atoms. The maximum Gasteiger partial charge on any atom is 0.243 e. The molecule has 5 nitrogen and oxygen atoms in total. The van der Waals surface area contributed by atoms with Gasteiger partial charge in [0.05, 0.1) is 6.04 Å². The molecule has 3 rings (SSSR count). The van der Waals surface area contributed by atoms with E-state index in [-0.39, 0.29) is 12.1 Å². The van der Waals surface area contributed by atoms with Crippen molar-refractivity contribution in [2.75, 3.05) is 0 Å². The first-order valence-corrected chi connectivity index (χ1v) is 6.11. The molecular weight excluding hydrogens is 230 g/mol. The van der Waals surface area contributed by atoms with Gasteiger partial charge in [-0.2, -0.15) is 4.98 Å². The van der Waals surface area contributed by atoms with Crippen molar-refractivity contribution in [3.8, 4) is 5.75 Å². The van der Waals surface area contributed by atoms with Gasteiger partial charge in [0.15, 0.2) is 6.10 Å². The number of aromatic nitrogens is 2. The highest BCUT2D eigenvalue weighted by Crippen LogP contribution is 2.35. The highest BCUT2D eigenvalue weighted by molar-refractivity contribution is 5.37. The zero-order valence-electron chi connectivity index (χ0n) is 10.2. The van der Waals surface area contributed by atoms with Gasteiger partial charge in [0.25, 0.3) is 0 Å². The van der Waals surface area contributed by atoms with Crippen molar-refractivity contribution >= 4 is 0 Å². The van der Waals surface area contributed by atoms with Crippen LogP contribution in [0, 0.1) is 0 Å². The molecule has 0 amide bonds. The van der Waals surface area contributed by atoms with Gasteiger partial charge in [-0.15, -0.1) is 0 Å². The van der Waals surface area contributed by atoms with Gasteiger partial charge in [-0.1, -0.05) is 30.3 Å². The third-order valence-corrected chi connectivity index (χ3v) is 3.15. The van der Waals surface area contributed by atoms with Gasteiger partial charge in [-0.25, -0.2) is 0 Å². The molecule has 0 spiro atoms. The van der Waals surface area contributed by atoms with Crippen LogP contribution in [0.15, 0.2) is 28.8 Å². The van der Waals surface area contributed by atoms with Crippen molar-refractivity contribution in [3.05, 3.63) is 41.5 Å². The predicted octanol–water partition coefficient (Wildman–Crippen LogP) is 2.16. The van der Waals surface area contributed by atoms with Crippen LogP contribution in [-0.4, -0.2) is 10.1 Å². The van der Waals surface area contributed by atoms with Crippen molar-refractivity contribution in [1.82, 2.24) is 10.1 Å². The summed E-state index contributed by atoms with van der Waals surface area (Å²) < 4.78 is 11.0. The van der Waals surface area contributed by atoms with E-state index in [4.69, 9.17) is 15.0 Å². The number of nitrogens with zero attached hydrogens (tertiary/aromatic N) is 2. The summed E-state index contributed by atoms with van der Waals surface area (Å²) in [5.74, 6) is 1.95. The molecule has 2 aromatic rings. The second-order valence-electron chi connectivity index (χ2n) is 4.42. The fourth-order valence-corrected chi connectivity index (χ4v) is 2.03. The first-order valence-electron chi connectivity index (χ1n) is 6.11. The number of ether oxygens (including phenoxy) is 1. The lowest BCUT2D eigenvalue weighted by atomic mass is 10.1. The molecular formula is C13H15N3O2. The van der Waals surface area contributed by atoms with Crippen LogP contribution in [0.4, 0.5) is 0 Å². The lowest BCUT2D eigenvalue weighted by Gasteiger charge is -2.04. The van der Waals surface area contributed by atoms with Crippen molar-refractivity contribution in [2.45, 2.75) is 31.9 Å². The third-order valence-electron chi connectivity index (χ3n) is 3.15. The van der Waals surface area contributed by atoms with E-state index in [9.17, 15) is 0 Å². The van der Waals surface area contributed by atoms with Crippen molar-refractivity contribution in [1.29, 1.82) is 0 Å². The Morgan fingerprint density at radius 3 is 3.06 bits per heavy atom. The Hall–Kier alpha value is -1.88. The minimum absolute atomic E-state index is 0.163. The van der Waals surface area contributed by atoms with E-state index in [2.05, 4.69) is 10.1 Å². The molecule has 94 valence electrons. The van der Waals surface area contributed by atoms with Crippen LogP contribution in [0.3, 0.4) is 0 Å². The molecule has 2 atom stereocenters. The second-order valence-corrected chi connectivity index (χ2v) is 4.42. The van der Waals surface area contributed by atoms with E-state index in [0.29, 0.717) is 11.7 Å². The highest BCUT2D eigenvalue weighted by Gasteiger charge is 2.28. The van der Waals surface area contributed by atoms with Crippen molar-refractivity contribution < 1.29 is 9.26 Å². The van der Waals surface area contributed by atoms with Crippen molar-refractivity contribution in [2.24, 2.45) is 5.73 Å². The SMILES string of the molecule is CC[C@@H](N)c1nc(C2Cc3ccccc3O2)no1. The number of hydrogen-bond donors (Lipinski definition) is 1. The molecule has 1 aromatic heterocycles. The van der Waals surface area contributed by atoms with Crippen LogP contribution in [0.1, 0.15) is 42.8 Å². The molecule has 2 N–H and O–H groups in total. The van der Waals surface area contributed by atoms with Gasteiger partial charge in [0, 0.05) is 6.42 Å². The average Bonchev–Trinajstić information content (AvgIpc) is 3.03. The van der Waals surface area contributed by atoms with Gasteiger partial charge < -0.3 is 15.0 Å². The minimum Gasteiger partial charge on any atom is -0.482 e. The Morgan fingerprint density at radius 1 is 1.44 bits per heavy atom. The minimum atomic E-state index is -0.199. The van der Waals surface area contributed by atoms with Crippen LogP contribution < -0.4 is 10.5 Å². The summed E-state index contributed by atoms with van der Waals surface area (Å²) in [6.45, 7) is 1.98. The number of hydrogen-bond acceptors (Lipinski definition) is 5. The zero-order chi connectivity index (χ0) is 12.5. The Morgan fingerprint density at radius 2 is 2.28 bits per heavy atom. The molecule has 2 heterocycles. The first-order chi connectivity index (χ1) is 8.78. The monoisotopic (exact) mass is 245 g/mol. The lowest BCUT2D eigenvalue weighted by molar-refractivity contribution is 0.220. The van der Waals surface area contributed by atoms with E-state index in [1.807, 2.05) is 31.2 Å². The molecule has 0 saturated carbocycles. The largest absolute Gasteiger partial charge is 0.482 e. The average molecular weight is 245 g/mol. The van der Waals surface area contributed by atoms with Crippen LogP contribution in [0.2, 0.25) is 0 Å². The van der Waals surface area contributed by atoms with Gasteiger partial charge in [0.2, 0.25) is 11.7 Å². The molecule has 0 saturated heterocycles. The maximum atomic E-state index is 5.85. The number of para-hydroxylation sites is 1. The van der Waals surface area contributed by atoms with Gasteiger partial charge in [-0.3, -0.25) is 0 Å². The quantitative estimate of drug-likeness (QED) is 0.896. The first kappa shape index (κ1) is 11.2. The summed E-state index contributed by atoms with van der Waals surface area (Å²) >= 11 is 0. The van der Waals surface area contributed by atoms with Crippen LogP contribution in [0.5, 0.6) is 5.75 Å². The van der Waals surface area contributed by atoms with E-state index in [1.165, 1.54) is 5.56 Å². The van der Waals surface area contributed by atoms with Crippen LogP contribution >= 0.6 is 0 Å². The van der Waals surface area contributed by atoms with Gasteiger partial charge in [0.1, 0.15) is 5.75 Å². The second kappa shape index (κ2) is 4.42. The Bertz CT molecular complexity index is 528. The summed E-state index contributed by atoms with van der Waals surface area (Å²) in [7, 11) is 0. The number of nitrogens with two attached hydrogens (primary N) is 1. The fourth-order valence-electron chi connectivity index (χ4n) is 2.03. The van der Waals surface area contributed by atoms with E-state index in [1.54, 1.807) is 0 Å². The molecule has 1 aliphatic heterocycles. The highest BCUT2D eigenvalue weighted by atomic mass is 16.5. The Kier molecular flexibility index (Phi) is 2.76. The maximum absolute atomic E-state index is 5.85. The molecule has 0 aliphatic carbocycles. The zero-order valence-corrected chi connectivity index (χ0v) is 10.2. The van der Waals surface area contributed by atoms with Crippen LogP contribution in [-0.2, 0) is 6.42 Å².